The van der Waals surface area contributed by atoms with Crippen LogP contribution >= 0.6 is 0 Å². The van der Waals surface area contributed by atoms with E-state index < -0.39 is 0 Å². The zero-order valence-electron chi connectivity index (χ0n) is 15.9. The molecular weight excluding hydrogens is 266 g/mol. The lowest BCUT2D eigenvalue weighted by atomic mass is 10.0. The molecule has 0 aromatic carbocycles. The Kier molecular flexibility index (Phi) is 10.1. The van der Waals surface area contributed by atoms with Crippen molar-refractivity contribution in [1.82, 2.24) is 4.90 Å². The topological polar surface area (TPSA) is 3.24 Å². The number of rotatable bonds is 14. The number of unbranched alkanes of at least 4 members (excludes halogenated alkanes) is 5. The minimum absolute atomic E-state index is 0.592. The third-order valence-corrected chi connectivity index (χ3v) is 5.59. The third kappa shape index (κ3) is 6.07. The first-order chi connectivity index (χ1) is 10.7. The highest BCUT2D eigenvalue weighted by Gasteiger charge is 2.55. The van der Waals surface area contributed by atoms with Crippen LogP contribution < -0.4 is 0 Å². The standard InChI is InChI=1S/C21H41N/c1-5-9-10-11-12-13-14-15-16-17-20-19-21(20,18-6-2)22(7-3)8-4/h12-13,20H,5-11,14-19H2,1-4H3/b13-12+/t20-,21+/m1/s1. The maximum Gasteiger partial charge on any atom is 0.0241 e. The van der Waals surface area contributed by atoms with E-state index in [2.05, 4.69) is 44.7 Å². The maximum atomic E-state index is 2.74. The van der Waals surface area contributed by atoms with Crippen LogP contribution in [0.15, 0.2) is 12.2 Å². The molecule has 1 aliphatic carbocycles. The first kappa shape index (κ1) is 19.7. The third-order valence-electron chi connectivity index (χ3n) is 5.59. The van der Waals surface area contributed by atoms with Gasteiger partial charge in [-0.15, -0.1) is 0 Å². The molecular formula is C21H41N. The van der Waals surface area contributed by atoms with Crippen LogP contribution in [-0.4, -0.2) is 23.5 Å². The molecule has 0 saturated heterocycles. The molecule has 1 fully saturated rings. The van der Waals surface area contributed by atoms with Crippen LogP contribution in [-0.2, 0) is 0 Å². The molecule has 2 atom stereocenters. The average Bonchev–Trinajstić information content (AvgIpc) is 3.21. The highest BCUT2D eigenvalue weighted by molar-refractivity contribution is 5.10. The Hall–Kier alpha value is -0.300. The highest BCUT2D eigenvalue weighted by atomic mass is 15.2. The zero-order valence-corrected chi connectivity index (χ0v) is 15.9. The highest BCUT2D eigenvalue weighted by Crippen LogP contribution is 2.54. The molecule has 130 valence electrons. The molecule has 0 radical (unpaired) electrons. The van der Waals surface area contributed by atoms with Gasteiger partial charge in [0.25, 0.3) is 0 Å². The lowest BCUT2D eigenvalue weighted by molar-refractivity contribution is 0.165. The summed E-state index contributed by atoms with van der Waals surface area (Å²) < 4.78 is 0. The fraction of sp³-hybridized carbons (Fsp3) is 0.905. The quantitative estimate of drug-likeness (QED) is 0.259. The predicted octanol–water partition coefficient (Wildman–Crippen LogP) is 6.58. The van der Waals surface area contributed by atoms with Crippen LogP contribution in [0.2, 0.25) is 0 Å². The Morgan fingerprint density at radius 3 is 2.05 bits per heavy atom. The molecule has 1 saturated carbocycles. The maximum absolute atomic E-state index is 2.74. The van der Waals surface area contributed by atoms with Gasteiger partial charge in [0.2, 0.25) is 0 Å². The minimum atomic E-state index is 0.592. The molecule has 0 unspecified atom stereocenters. The summed E-state index contributed by atoms with van der Waals surface area (Å²) in [4.78, 5) is 2.74. The van der Waals surface area contributed by atoms with Gasteiger partial charge in [0, 0.05) is 5.54 Å². The summed E-state index contributed by atoms with van der Waals surface area (Å²) in [6.07, 6.45) is 20.0. The van der Waals surface area contributed by atoms with Crippen molar-refractivity contribution in [1.29, 1.82) is 0 Å². The van der Waals surface area contributed by atoms with Crippen molar-refractivity contribution in [3.63, 3.8) is 0 Å². The molecule has 0 aromatic heterocycles. The lowest BCUT2D eigenvalue weighted by Gasteiger charge is -2.31. The number of nitrogens with zero attached hydrogens (tertiary/aromatic N) is 1. The van der Waals surface area contributed by atoms with Gasteiger partial charge in [-0.1, -0.05) is 65.5 Å². The summed E-state index contributed by atoms with van der Waals surface area (Å²) in [6, 6.07) is 0. The molecule has 0 N–H and O–H groups in total. The van der Waals surface area contributed by atoms with Crippen LogP contribution in [0.1, 0.15) is 98.3 Å². The summed E-state index contributed by atoms with van der Waals surface area (Å²) in [6.45, 7) is 11.8. The van der Waals surface area contributed by atoms with Gasteiger partial charge in [0.15, 0.2) is 0 Å². The molecule has 1 nitrogen and oxygen atoms in total. The molecule has 1 aliphatic rings. The number of hydrogen-bond acceptors (Lipinski definition) is 1. The van der Waals surface area contributed by atoms with Crippen molar-refractivity contribution in [2.75, 3.05) is 13.1 Å². The van der Waals surface area contributed by atoms with Gasteiger partial charge in [-0.2, -0.15) is 0 Å². The van der Waals surface area contributed by atoms with Crippen molar-refractivity contribution in [2.45, 2.75) is 104 Å². The van der Waals surface area contributed by atoms with Gasteiger partial charge in [-0.3, -0.25) is 4.90 Å². The molecule has 0 heterocycles. The molecule has 22 heavy (non-hydrogen) atoms. The van der Waals surface area contributed by atoms with E-state index in [1.807, 2.05) is 0 Å². The predicted molar refractivity (Wildman–Crippen MR) is 100 cm³/mol. The Morgan fingerprint density at radius 2 is 1.50 bits per heavy atom. The van der Waals surface area contributed by atoms with E-state index in [1.54, 1.807) is 0 Å². The summed E-state index contributed by atoms with van der Waals surface area (Å²) in [5.74, 6) is 0.987. The van der Waals surface area contributed by atoms with E-state index in [0.29, 0.717) is 5.54 Å². The largest absolute Gasteiger partial charge is 0.298 e. The SMILES string of the molecule is CCCCC/C=C/CCCC[C@@H]1C[C@]1(CCC)N(CC)CC. The smallest absolute Gasteiger partial charge is 0.0241 e. The Morgan fingerprint density at radius 1 is 0.864 bits per heavy atom. The van der Waals surface area contributed by atoms with Gasteiger partial charge in [-0.05, 0) is 64.0 Å². The second kappa shape index (κ2) is 11.3. The Balaban J connectivity index is 2.15. The molecule has 0 aliphatic heterocycles. The Bertz CT molecular complexity index is 292. The fourth-order valence-corrected chi connectivity index (χ4v) is 4.28. The zero-order chi connectivity index (χ0) is 16.3. The molecule has 0 spiro atoms. The molecule has 0 amide bonds. The summed E-state index contributed by atoms with van der Waals surface area (Å²) in [5.41, 5.74) is 0.592. The van der Waals surface area contributed by atoms with Crippen LogP contribution in [0.25, 0.3) is 0 Å². The molecule has 0 bridgehead atoms. The molecule has 1 heteroatoms. The second-order valence-corrected chi connectivity index (χ2v) is 7.18. The summed E-state index contributed by atoms with van der Waals surface area (Å²) in [7, 11) is 0. The number of hydrogen-bond donors (Lipinski definition) is 0. The van der Waals surface area contributed by atoms with E-state index in [0.717, 1.165) is 5.92 Å². The van der Waals surface area contributed by atoms with E-state index in [4.69, 9.17) is 0 Å². The molecule has 1 rings (SSSR count). The lowest BCUT2D eigenvalue weighted by Crippen LogP contribution is -2.38. The van der Waals surface area contributed by atoms with Gasteiger partial charge >= 0.3 is 0 Å². The molecule has 0 aromatic rings. The van der Waals surface area contributed by atoms with Crippen molar-refractivity contribution in [2.24, 2.45) is 5.92 Å². The van der Waals surface area contributed by atoms with Gasteiger partial charge in [0.1, 0.15) is 0 Å². The summed E-state index contributed by atoms with van der Waals surface area (Å²) in [5, 5.41) is 0. The van der Waals surface area contributed by atoms with Crippen LogP contribution in [0.3, 0.4) is 0 Å². The minimum Gasteiger partial charge on any atom is -0.298 e. The van der Waals surface area contributed by atoms with Crippen LogP contribution in [0.5, 0.6) is 0 Å². The normalized spacial score (nSPS) is 24.5. The monoisotopic (exact) mass is 307 g/mol. The second-order valence-electron chi connectivity index (χ2n) is 7.18. The number of allylic oxidation sites excluding steroid dienone is 2. The van der Waals surface area contributed by atoms with Gasteiger partial charge in [0.05, 0.1) is 0 Å². The van der Waals surface area contributed by atoms with Crippen molar-refractivity contribution < 1.29 is 0 Å². The van der Waals surface area contributed by atoms with E-state index in [9.17, 15) is 0 Å². The van der Waals surface area contributed by atoms with Crippen molar-refractivity contribution >= 4 is 0 Å². The van der Waals surface area contributed by atoms with Gasteiger partial charge < -0.3 is 0 Å². The van der Waals surface area contributed by atoms with Gasteiger partial charge in [-0.25, -0.2) is 0 Å². The van der Waals surface area contributed by atoms with Crippen molar-refractivity contribution in [3.05, 3.63) is 12.2 Å². The fourth-order valence-electron chi connectivity index (χ4n) is 4.28. The van der Waals surface area contributed by atoms with E-state index in [1.165, 1.54) is 83.7 Å². The van der Waals surface area contributed by atoms with E-state index >= 15 is 0 Å². The average molecular weight is 308 g/mol. The summed E-state index contributed by atoms with van der Waals surface area (Å²) >= 11 is 0. The van der Waals surface area contributed by atoms with E-state index in [-0.39, 0.29) is 0 Å². The van der Waals surface area contributed by atoms with Crippen LogP contribution in [0, 0.1) is 5.92 Å². The first-order valence-corrected chi connectivity index (χ1v) is 10.1. The van der Waals surface area contributed by atoms with Crippen LogP contribution in [0.4, 0.5) is 0 Å². The first-order valence-electron chi connectivity index (χ1n) is 10.1. The Labute approximate surface area is 140 Å². The van der Waals surface area contributed by atoms with Crippen molar-refractivity contribution in [3.8, 4) is 0 Å².